The monoisotopic (exact) mass is 305 g/mol. The number of fused-ring (bicyclic) bond motifs is 1. The van der Waals surface area contributed by atoms with Crippen LogP contribution in [0, 0.1) is 5.82 Å². The van der Waals surface area contributed by atoms with Crippen LogP contribution in [0.1, 0.15) is 16.7 Å². The number of halogens is 2. The molecule has 4 heteroatoms. The molecule has 1 aliphatic heterocycles. The molecule has 0 spiro atoms. The molecule has 0 atom stereocenters. The molecular weight excluding hydrogens is 289 g/mol. The lowest BCUT2D eigenvalue weighted by Gasteiger charge is -2.10. The van der Waals surface area contributed by atoms with Crippen molar-refractivity contribution in [1.29, 1.82) is 0 Å². The van der Waals surface area contributed by atoms with E-state index in [2.05, 4.69) is 5.32 Å². The quantitative estimate of drug-likeness (QED) is 0.850. The third-order valence-corrected chi connectivity index (χ3v) is 3.84. The second-order valence-electron chi connectivity index (χ2n) is 5.21. The first-order valence-electron chi connectivity index (χ1n) is 7.11. The smallest absolute Gasteiger partial charge is 0.127 e. The van der Waals surface area contributed by atoms with Gasteiger partial charge in [0.15, 0.2) is 0 Å². The Morgan fingerprint density at radius 2 is 2.14 bits per heavy atom. The minimum atomic E-state index is -0.187. The van der Waals surface area contributed by atoms with Crippen LogP contribution in [-0.2, 0) is 19.4 Å². The first-order valence-corrected chi connectivity index (χ1v) is 7.49. The van der Waals surface area contributed by atoms with Crippen LogP contribution in [0.15, 0.2) is 36.4 Å². The maximum atomic E-state index is 13.1. The van der Waals surface area contributed by atoms with Gasteiger partial charge in [0, 0.05) is 23.6 Å². The highest BCUT2D eigenvalue weighted by molar-refractivity contribution is 6.30. The minimum absolute atomic E-state index is 0.187. The van der Waals surface area contributed by atoms with Crippen LogP contribution in [0.25, 0.3) is 0 Å². The Bertz CT molecular complexity index is 645. The zero-order valence-corrected chi connectivity index (χ0v) is 12.4. The van der Waals surface area contributed by atoms with Crippen molar-refractivity contribution < 1.29 is 9.13 Å². The van der Waals surface area contributed by atoms with Crippen LogP contribution in [0.5, 0.6) is 5.75 Å². The molecule has 2 nitrogen and oxygen atoms in total. The van der Waals surface area contributed by atoms with Gasteiger partial charge < -0.3 is 10.1 Å². The Hall–Kier alpha value is -1.58. The van der Waals surface area contributed by atoms with Crippen molar-refractivity contribution in [3.05, 3.63) is 63.9 Å². The molecule has 1 aliphatic rings. The van der Waals surface area contributed by atoms with Crippen LogP contribution in [0.4, 0.5) is 4.39 Å². The molecule has 0 aliphatic carbocycles. The van der Waals surface area contributed by atoms with Crippen molar-refractivity contribution >= 4 is 11.6 Å². The summed E-state index contributed by atoms with van der Waals surface area (Å²) in [7, 11) is 0. The molecule has 0 radical (unpaired) electrons. The van der Waals surface area contributed by atoms with E-state index < -0.39 is 0 Å². The topological polar surface area (TPSA) is 21.3 Å². The van der Waals surface area contributed by atoms with Crippen LogP contribution < -0.4 is 10.1 Å². The van der Waals surface area contributed by atoms with E-state index >= 15 is 0 Å². The number of hydrogen-bond acceptors (Lipinski definition) is 2. The third-order valence-electron chi connectivity index (χ3n) is 3.62. The van der Waals surface area contributed by atoms with Crippen molar-refractivity contribution in [2.24, 2.45) is 0 Å². The predicted octanol–water partition coefficient (Wildman–Crippen LogP) is 3.75. The number of rotatable bonds is 5. The highest BCUT2D eigenvalue weighted by Crippen LogP contribution is 2.32. The van der Waals surface area contributed by atoms with Gasteiger partial charge in [-0.2, -0.15) is 0 Å². The standard InChI is InChI=1S/C17H17ClFNO/c18-15-9-13-5-7-21-17(13)14(10-15)11-20-6-4-12-2-1-3-16(19)8-12/h1-3,8-10,20H,4-7,11H2. The molecule has 0 fully saturated rings. The summed E-state index contributed by atoms with van der Waals surface area (Å²) in [4.78, 5) is 0. The van der Waals surface area contributed by atoms with Crippen molar-refractivity contribution in [3.8, 4) is 5.75 Å². The van der Waals surface area contributed by atoms with Gasteiger partial charge in [-0.1, -0.05) is 23.7 Å². The number of ether oxygens (including phenoxy) is 1. The van der Waals surface area contributed by atoms with Crippen molar-refractivity contribution in [2.45, 2.75) is 19.4 Å². The van der Waals surface area contributed by atoms with Gasteiger partial charge in [-0.25, -0.2) is 4.39 Å². The van der Waals surface area contributed by atoms with Crippen molar-refractivity contribution in [1.82, 2.24) is 5.32 Å². The van der Waals surface area contributed by atoms with Gasteiger partial charge in [0.2, 0.25) is 0 Å². The van der Waals surface area contributed by atoms with Gasteiger partial charge in [0.25, 0.3) is 0 Å². The molecular formula is C17H17ClFNO. The zero-order chi connectivity index (χ0) is 14.7. The van der Waals surface area contributed by atoms with Gasteiger partial charge in [0.1, 0.15) is 11.6 Å². The van der Waals surface area contributed by atoms with E-state index in [0.29, 0.717) is 6.54 Å². The van der Waals surface area contributed by atoms with Crippen molar-refractivity contribution in [2.75, 3.05) is 13.2 Å². The van der Waals surface area contributed by atoms with Crippen LogP contribution >= 0.6 is 11.6 Å². The van der Waals surface area contributed by atoms with Crippen LogP contribution in [0.3, 0.4) is 0 Å². The highest BCUT2D eigenvalue weighted by Gasteiger charge is 2.17. The second kappa shape index (κ2) is 6.46. The lowest BCUT2D eigenvalue weighted by molar-refractivity contribution is 0.352. The molecule has 0 aromatic heterocycles. The Labute approximate surface area is 128 Å². The van der Waals surface area contributed by atoms with E-state index in [9.17, 15) is 4.39 Å². The number of nitrogens with one attached hydrogen (secondary N) is 1. The molecule has 21 heavy (non-hydrogen) atoms. The maximum absolute atomic E-state index is 13.1. The predicted molar refractivity (Wildman–Crippen MR) is 82.5 cm³/mol. The fourth-order valence-electron chi connectivity index (χ4n) is 2.63. The van der Waals surface area contributed by atoms with Gasteiger partial charge in [-0.15, -0.1) is 0 Å². The molecule has 0 saturated heterocycles. The molecule has 0 amide bonds. The average molecular weight is 306 g/mol. The molecule has 0 saturated carbocycles. The van der Waals surface area contributed by atoms with Gasteiger partial charge in [0.05, 0.1) is 6.61 Å². The van der Waals surface area contributed by atoms with E-state index in [1.807, 2.05) is 18.2 Å². The molecule has 3 rings (SSSR count). The van der Waals surface area contributed by atoms with Gasteiger partial charge >= 0.3 is 0 Å². The summed E-state index contributed by atoms with van der Waals surface area (Å²) in [5.41, 5.74) is 3.27. The Morgan fingerprint density at radius 1 is 1.24 bits per heavy atom. The average Bonchev–Trinajstić information content (AvgIpc) is 2.91. The van der Waals surface area contributed by atoms with E-state index in [4.69, 9.17) is 16.3 Å². The molecule has 0 bridgehead atoms. The first kappa shape index (κ1) is 14.4. The van der Waals surface area contributed by atoms with E-state index in [0.717, 1.165) is 47.9 Å². The van der Waals surface area contributed by atoms with E-state index in [-0.39, 0.29) is 5.82 Å². The van der Waals surface area contributed by atoms with E-state index in [1.165, 1.54) is 11.6 Å². The SMILES string of the molecule is Fc1cccc(CCNCc2cc(Cl)cc3c2OCC3)c1. The van der Waals surface area contributed by atoms with Gasteiger partial charge in [-0.05, 0) is 48.4 Å². The van der Waals surface area contributed by atoms with Crippen LogP contribution in [0.2, 0.25) is 5.02 Å². The van der Waals surface area contributed by atoms with E-state index in [1.54, 1.807) is 12.1 Å². The molecule has 110 valence electrons. The zero-order valence-electron chi connectivity index (χ0n) is 11.7. The summed E-state index contributed by atoms with van der Waals surface area (Å²) >= 11 is 6.13. The summed E-state index contributed by atoms with van der Waals surface area (Å²) in [5.74, 6) is 0.784. The van der Waals surface area contributed by atoms with Gasteiger partial charge in [-0.3, -0.25) is 0 Å². The largest absolute Gasteiger partial charge is 0.493 e. The van der Waals surface area contributed by atoms with Crippen LogP contribution in [-0.4, -0.2) is 13.2 Å². The summed E-state index contributed by atoms with van der Waals surface area (Å²) < 4.78 is 18.8. The fourth-order valence-corrected chi connectivity index (χ4v) is 2.89. The molecule has 0 unspecified atom stereocenters. The Morgan fingerprint density at radius 3 is 3.00 bits per heavy atom. The number of benzene rings is 2. The summed E-state index contributed by atoms with van der Waals surface area (Å²) in [6.45, 7) is 2.22. The molecule has 2 aromatic rings. The maximum Gasteiger partial charge on any atom is 0.127 e. The summed E-state index contributed by atoms with van der Waals surface area (Å²) in [6.07, 6.45) is 1.72. The lowest BCUT2D eigenvalue weighted by Crippen LogP contribution is -2.17. The highest BCUT2D eigenvalue weighted by atomic mass is 35.5. The molecule has 1 heterocycles. The Kier molecular flexibility index (Phi) is 4.42. The van der Waals surface area contributed by atoms with Crippen molar-refractivity contribution in [3.63, 3.8) is 0 Å². The normalized spacial score (nSPS) is 13.0. The first-order chi connectivity index (χ1) is 10.2. The lowest BCUT2D eigenvalue weighted by atomic mass is 10.1. The molecule has 2 aromatic carbocycles. The minimum Gasteiger partial charge on any atom is -0.493 e. The third kappa shape index (κ3) is 3.55. The summed E-state index contributed by atoms with van der Waals surface area (Å²) in [6, 6.07) is 10.6. The molecule has 1 N–H and O–H groups in total. The fraction of sp³-hybridized carbons (Fsp3) is 0.294. The summed E-state index contributed by atoms with van der Waals surface area (Å²) in [5, 5.41) is 4.12. The Balaban J connectivity index is 1.56. The second-order valence-corrected chi connectivity index (χ2v) is 5.64. The number of hydrogen-bond donors (Lipinski definition) is 1.